The van der Waals surface area contributed by atoms with Gasteiger partial charge in [-0.1, -0.05) is 6.07 Å². The Balaban J connectivity index is 2.22. The van der Waals surface area contributed by atoms with Crippen LogP contribution >= 0.6 is 0 Å². The van der Waals surface area contributed by atoms with Crippen molar-refractivity contribution in [3.8, 4) is 5.75 Å². The van der Waals surface area contributed by atoms with Crippen LogP contribution in [0.1, 0.15) is 18.1 Å². The molecule has 0 aliphatic rings. The minimum atomic E-state index is -4.82. The predicted octanol–water partition coefficient (Wildman–Crippen LogP) is 4.00. The van der Waals surface area contributed by atoms with Crippen LogP contribution in [0.25, 0.3) is 0 Å². The maximum atomic E-state index is 12.6. The van der Waals surface area contributed by atoms with E-state index in [1.54, 1.807) is 18.2 Å². The van der Waals surface area contributed by atoms with Crippen LogP contribution in [0.5, 0.6) is 5.75 Å². The zero-order valence-corrected chi connectivity index (χ0v) is 17.1. The number of halogens is 3. The average molecular weight is 430 g/mol. The number of carbonyl (C=O) groups is 1. The highest BCUT2D eigenvalue weighted by Gasteiger charge is 2.31. The molecule has 2 aromatic rings. The van der Waals surface area contributed by atoms with Gasteiger partial charge in [0.1, 0.15) is 11.8 Å². The van der Waals surface area contributed by atoms with E-state index in [0.717, 1.165) is 33.8 Å². The highest BCUT2D eigenvalue weighted by Crippen LogP contribution is 2.26. The molecule has 1 amide bonds. The topological polar surface area (TPSA) is 75.7 Å². The number of nitrogens with one attached hydrogen (secondary N) is 1. The molecule has 2 rings (SSSR count). The van der Waals surface area contributed by atoms with E-state index in [0.29, 0.717) is 5.69 Å². The molecule has 0 bridgehead atoms. The van der Waals surface area contributed by atoms with Crippen LogP contribution < -0.4 is 14.4 Å². The molecule has 0 unspecified atom stereocenters. The third-order valence-electron chi connectivity index (χ3n) is 4.19. The molecule has 158 valence electrons. The summed E-state index contributed by atoms with van der Waals surface area (Å²) >= 11 is 0. The first kappa shape index (κ1) is 22.5. The second-order valence-electron chi connectivity index (χ2n) is 6.56. The number of anilines is 2. The van der Waals surface area contributed by atoms with E-state index in [9.17, 15) is 26.4 Å². The largest absolute Gasteiger partial charge is 0.573 e. The highest BCUT2D eigenvalue weighted by atomic mass is 32.2. The van der Waals surface area contributed by atoms with Gasteiger partial charge in [0.05, 0.1) is 11.9 Å². The quantitative estimate of drug-likeness (QED) is 0.752. The molecule has 6 nitrogen and oxygen atoms in total. The molecular formula is C19H21F3N2O4S. The SMILES string of the molecule is Cc1ccc(N([C@H](C)C(=O)Nc2ccc(OC(F)(F)F)cc2)S(C)(=O)=O)cc1C. The lowest BCUT2D eigenvalue weighted by Crippen LogP contribution is -2.45. The Kier molecular flexibility index (Phi) is 6.46. The Morgan fingerprint density at radius 2 is 1.66 bits per heavy atom. The summed E-state index contributed by atoms with van der Waals surface area (Å²) in [6.07, 6.45) is -3.82. The second kappa shape index (κ2) is 8.32. The van der Waals surface area contributed by atoms with E-state index in [4.69, 9.17) is 0 Å². The molecule has 0 aliphatic carbocycles. The van der Waals surface area contributed by atoms with Crippen molar-refractivity contribution in [3.63, 3.8) is 0 Å². The third-order valence-corrected chi connectivity index (χ3v) is 5.43. The molecule has 0 fully saturated rings. The standard InChI is InChI=1S/C19H21F3N2O4S/c1-12-5-8-16(11-13(12)2)24(29(4,26)27)14(3)18(25)23-15-6-9-17(10-7-15)28-19(20,21)22/h5-11,14H,1-4H3,(H,23,25)/t14-/m1/s1. The number of carbonyl (C=O) groups excluding carboxylic acids is 1. The molecule has 1 N–H and O–H groups in total. The first-order valence-electron chi connectivity index (χ1n) is 8.51. The van der Waals surface area contributed by atoms with E-state index in [-0.39, 0.29) is 5.69 Å². The van der Waals surface area contributed by atoms with Crippen molar-refractivity contribution >= 4 is 27.3 Å². The molecule has 10 heteroatoms. The minimum absolute atomic E-state index is 0.199. The van der Waals surface area contributed by atoms with Gasteiger partial charge in [0.2, 0.25) is 15.9 Å². The summed E-state index contributed by atoms with van der Waals surface area (Å²) in [5, 5.41) is 2.50. The van der Waals surface area contributed by atoms with Gasteiger partial charge in [0.15, 0.2) is 0 Å². The summed E-state index contributed by atoms with van der Waals surface area (Å²) in [4.78, 5) is 12.6. The number of hydrogen-bond donors (Lipinski definition) is 1. The van der Waals surface area contributed by atoms with Gasteiger partial charge < -0.3 is 10.1 Å². The molecule has 0 aromatic heterocycles. The summed E-state index contributed by atoms with van der Waals surface area (Å²) < 4.78 is 66.1. The maximum absolute atomic E-state index is 12.6. The molecule has 0 heterocycles. The number of amides is 1. The Bertz CT molecular complexity index is 990. The number of benzene rings is 2. The van der Waals surface area contributed by atoms with E-state index in [1.807, 2.05) is 13.8 Å². The average Bonchev–Trinajstić information content (AvgIpc) is 2.57. The van der Waals surface area contributed by atoms with Gasteiger partial charge in [0, 0.05) is 5.69 Å². The van der Waals surface area contributed by atoms with Gasteiger partial charge >= 0.3 is 6.36 Å². The van der Waals surface area contributed by atoms with E-state index < -0.39 is 34.1 Å². The first-order chi connectivity index (χ1) is 13.3. The Morgan fingerprint density at radius 3 is 2.14 bits per heavy atom. The smallest absolute Gasteiger partial charge is 0.406 e. The van der Waals surface area contributed by atoms with Crippen LogP contribution in [-0.2, 0) is 14.8 Å². The molecule has 0 radical (unpaired) electrons. The van der Waals surface area contributed by atoms with Crippen LogP contribution in [0.15, 0.2) is 42.5 Å². The van der Waals surface area contributed by atoms with Gasteiger partial charge in [-0.2, -0.15) is 0 Å². The van der Waals surface area contributed by atoms with Crippen LogP contribution in [0, 0.1) is 13.8 Å². The molecular weight excluding hydrogens is 409 g/mol. The van der Waals surface area contributed by atoms with E-state index in [1.165, 1.54) is 19.1 Å². The van der Waals surface area contributed by atoms with E-state index in [2.05, 4.69) is 10.1 Å². The van der Waals surface area contributed by atoms with Crippen LogP contribution in [0.4, 0.5) is 24.5 Å². The Labute approximate surface area is 167 Å². The Hall–Kier alpha value is -2.75. The maximum Gasteiger partial charge on any atom is 0.573 e. The van der Waals surface area contributed by atoms with Crippen molar-refractivity contribution in [1.29, 1.82) is 0 Å². The fourth-order valence-corrected chi connectivity index (χ4v) is 3.82. The van der Waals surface area contributed by atoms with Crippen molar-refractivity contribution in [2.24, 2.45) is 0 Å². The van der Waals surface area contributed by atoms with Crippen LogP contribution in [-0.4, -0.2) is 33.0 Å². The van der Waals surface area contributed by atoms with Crippen molar-refractivity contribution in [2.75, 3.05) is 15.9 Å². The van der Waals surface area contributed by atoms with Gasteiger partial charge in [0.25, 0.3) is 0 Å². The van der Waals surface area contributed by atoms with Crippen molar-refractivity contribution < 1.29 is 31.1 Å². The molecule has 0 saturated heterocycles. The first-order valence-corrected chi connectivity index (χ1v) is 10.4. The summed E-state index contributed by atoms with van der Waals surface area (Å²) in [5.74, 6) is -1.07. The summed E-state index contributed by atoms with van der Waals surface area (Å²) in [5.41, 5.74) is 2.38. The van der Waals surface area contributed by atoms with Gasteiger partial charge in [-0.3, -0.25) is 9.10 Å². The van der Waals surface area contributed by atoms with Gasteiger partial charge in [-0.25, -0.2) is 8.42 Å². The minimum Gasteiger partial charge on any atom is -0.406 e. The fraction of sp³-hybridized carbons (Fsp3) is 0.316. The van der Waals surface area contributed by atoms with Crippen molar-refractivity contribution in [3.05, 3.63) is 53.6 Å². The molecule has 1 atom stereocenters. The number of rotatable bonds is 6. The zero-order valence-electron chi connectivity index (χ0n) is 16.2. The summed E-state index contributed by atoms with van der Waals surface area (Å²) in [6.45, 7) is 5.13. The lowest BCUT2D eigenvalue weighted by molar-refractivity contribution is -0.274. The molecule has 0 saturated carbocycles. The molecule has 0 aliphatic heterocycles. The number of hydrogen-bond acceptors (Lipinski definition) is 4. The van der Waals surface area contributed by atoms with E-state index >= 15 is 0 Å². The third kappa shape index (κ3) is 6.11. The molecule has 2 aromatic carbocycles. The summed E-state index contributed by atoms with van der Waals surface area (Å²) in [6, 6.07) is 8.49. The predicted molar refractivity (Wildman–Crippen MR) is 104 cm³/mol. The molecule has 29 heavy (non-hydrogen) atoms. The number of ether oxygens (including phenoxy) is 1. The van der Waals surface area contributed by atoms with Crippen LogP contribution in [0.3, 0.4) is 0 Å². The fourth-order valence-electron chi connectivity index (χ4n) is 2.66. The second-order valence-corrected chi connectivity index (χ2v) is 8.42. The van der Waals surface area contributed by atoms with Crippen LogP contribution in [0.2, 0.25) is 0 Å². The highest BCUT2D eigenvalue weighted by molar-refractivity contribution is 7.92. The number of aryl methyl sites for hydroxylation is 2. The van der Waals surface area contributed by atoms with Gasteiger partial charge in [-0.05, 0) is 68.3 Å². The summed E-state index contributed by atoms with van der Waals surface area (Å²) in [7, 11) is -3.78. The van der Waals surface area contributed by atoms with Crippen molar-refractivity contribution in [1.82, 2.24) is 0 Å². The van der Waals surface area contributed by atoms with Crippen molar-refractivity contribution in [2.45, 2.75) is 33.2 Å². The number of alkyl halides is 3. The monoisotopic (exact) mass is 430 g/mol. The lowest BCUT2D eigenvalue weighted by atomic mass is 10.1. The normalized spacial score (nSPS) is 12.9. The number of nitrogens with zero attached hydrogens (tertiary/aromatic N) is 1. The van der Waals surface area contributed by atoms with Gasteiger partial charge in [-0.15, -0.1) is 13.2 Å². The number of sulfonamides is 1. The Morgan fingerprint density at radius 1 is 1.07 bits per heavy atom. The molecule has 0 spiro atoms. The zero-order chi connectivity index (χ0) is 22.0. The lowest BCUT2D eigenvalue weighted by Gasteiger charge is -2.28.